The van der Waals surface area contributed by atoms with Gasteiger partial charge in [0.15, 0.2) is 0 Å². The third kappa shape index (κ3) is 4.63. The highest BCUT2D eigenvalue weighted by atomic mass is 35.5. The van der Waals surface area contributed by atoms with Crippen LogP contribution < -0.4 is 4.74 Å². The third-order valence-corrected chi connectivity index (χ3v) is 5.09. The van der Waals surface area contributed by atoms with Gasteiger partial charge >= 0.3 is 0 Å². The SMILES string of the molecule is COc1cccc(CN(C)S(=O)(=O)N(C)CCCCl)c1. The summed E-state index contributed by atoms with van der Waals surface area (Å²) in [6, 6.07) is 7.36. The zero-order valence-electron chi connectivity index (χ0n) is 12.0. The largest absolute Gasteiger partial charge is 0.497 e. The second-order valence-electron chi connectivity index (χ2n) is 4.48. The van der Waals surface area contributed by atoms with Crippen LogP contribution in [0.5, 0.6) is 5.75 Å². The van der Waals surface area contributed by atoms with E-state index >= 15 is 0 Å². The van der Waals surface area contributed by atoms with Gasteiger partial charge in [-0.3, -0.25) is 0 Å². The van der Waals surface area contributed by atoms with Crippen molar-refractivity contribution in [2.24, 2.45) is 0 Å². The molecule has 5 nitrogen and oxygen atoms in total. The summed E-state index contributed by atoms with van der Waals surface area (Å²) in [5.41, 5.74) is 0.876. The molecular weight excluding hydrogens is 300 g/mol. The van der Waals surface area contributed by atoms with Crippen LogP contribution in [0.4, 0.5) is 0 Å². The average Bonchev–Trinajstić information content (AvgIpc) is 2.44. The van der Waals surface area contributed by atoms with Crippen LogP contribution >= 0.6 is 11.6 Å². The molecule has 0 aliphatic heterocycles. The van der Waals surface area contributed by atoms with Crippen molar-refractivity contribution in [3.05, 3.63) is 29.8 Å². The molecule has 0 fully saturated rings. The van der Waals surface area contributed by atoms with Crippen LogP contribution in [0.1, 0.15) is 12.0 Å². The summed E-state index contributed by atoms with van der Waals surface area (Å²) in [4.78, 5) is 0. The summed E-state index contributed by atoms with van der Waals surface area (Å²) < 4.78 is 32.3. The van der Waals surface area contributed by atoms with Gasteiger partial charge in [-0.05, 0) is 24.1 Å². The molecule has 0 N–H and O–H groups in total. The highest BCUT2D eigenvalue weighted by Gasteiger charge is 2.23. The molecule has 20 heavy (non-hydrogen) atoms. The number of rotatable bonds is 8. The molecule has 7 heteroatoms. The van der Waals surface area contributed by atoms with Crippen molar-refractivity contribution in [1.29, 1.82) is 0 Å². The van der Waals surface area contributed by atoms with Gasteiger partial charge in [-0.1, -0.05) is 12.1 Å². The second kappa shape index (κ2) is 7.83. The Morgan fingerprint density at radius 3 is 2.55 bits per heavy atom. The highest BCUT2D eigenvalue weighted by Crippen LogP contribution is 2.16. The molecule has 114 valence electrons. The van der Waals surface area contributed by atoms with Crippen LogP contribution in [0, 0.1) is 0 Å². The van der Waals surface area contributed by atoms with Crippen LogP contribution in [-0.4, -0.2) is 50.7 Å². The Bertz CT molecular complexity index is 522. The van der Waals surface area contributed by atoms with Crippen molar-refractivity contribution < 1.29 is 13.2 Å². The Morgan fingerprint density at radius 1 is 1.25 bits per heavy atom. The minimum atomic E-state index is -3.46. The fraction of sp³-hybridized carbons (Fsp3) is 0.538. The topological polar surface area (TPSA) is 49.9 Å². The fourth-order valence-electron chi connectivity index (χ4n) is 1.75. The van der Waals surface area contributed by atoms with Crippen molar-refractivity contribution in [1.82, 2.24) is 8.61 Å². The van der Waals surface area contributed by atoms with Crippen molar-refractivity contribution >= 4 is 21.8 Å². The van der Waals surface area contributed by atoms with Gasteiger partial charge in [0.25, 0.3) is 10.2 Å². The van der Waals surface area contributed by atoms with Crippen molar-refractivity contribution in [3.8, 4) is 5.75 Å². The van der Waals surface area contributed by atoms with Gasteiger partial charge in [-0.25, -0.2) is 0 Å². The van der Waals surface area contributed by atoms with E-state index in [1.54, 1.807) is 21.2 Å². The second-order valence-corrected chi connectivity index (χ2v) is 7.00. The lowest BCUT2D eigenvalue weighted by Crippen LogP contribution is -2.39. The molecule has 0 spiro atoms. The maximum atomic E-state index is 12.3. The van der Waals surface area contributed by atoms with E-state index in [0.29, 0.717) is 31.1 Å². The zero-order valence-corrected chi connectivity index (χ0v) is 13.6. The molecule has 0 bridgehead atoms. The Morgan fingerprint density at radius 2 is 1.95 bits per heavy atom. The summed E-state index contributed by atoms with van der Waals surface area (Å²) in [5.74, 6) is 1.16. The first-order chi connectivity index (χ1) is 9.41. The number of benzene rings is 1. The lowest BCUT2D eigenvalue weighted by atomic mass is 10.2. The minimum Gasteiger partial charge on any atom is -0.497 e. The molecule has 1 rings (SSSR count). The van der Waals surface area contributed by atoms with Crippen LogP contribution in [0.3, 0.4) is 0 Å². The van der Waals surface area contributed by atoms with Crippen LogP contribution in [0.25, 0.3) is 0 Å². The van der Waals surface area contributed by atoms with Gasteiger partial charge < -0.3 is 4.74 Å². The van der Waals surface area contributed by atoms with E-state index < -0.39 is 10.2 Å². The maximum absolute atomic E-state index is 12.3. The number of halogens is 1. The van der Waals surface area contributed by atoms with Gasteiger partial charge in [0.2, 0.25) is 0 Å². The van der Waals surface area contributed by atoms with Crippen LogP contribution in [0.2, 0.25) is 0 Å². The number of hydrogen-bond donors (Lipinski definition) is 0. The zero-order chi connectivity index (χ0) is 15.2. The van der Waals surface area contributed by atoms with Gasteiger partial charge in [0.1, 0.15) is 5.75 Å². The number of alkyl halides is 1. The standard InChI is InChI=1S/C13H21ClN2O3S/c1-15(9-5-8-14)20(17,18)16(2)11-12-6-4-7-13(10-12)19-3/h4,6-7,10H,5,8-9,11H2,1-3H3. The van der Waals surface area contributed by atoms with Gasteiger partial charge in [0.05, 0.1) is 7.11 Å². The number of hydrogen-bond acceptors (Lipinski definition) is 3. The number of ether oxygens (including phenoxy) is 1. The first-order valence-corrected chi connectivity index (χ1v) is 8.21. The van der Waals surface area contributed by atoms with E-state index in [4.69, 9.17) is 16.3 Å². The van der Waals surface area contributed by atoms with E-state index in [1.165, 1.54) is 8.61 Å². The predicted molar refractivity (Wildman–Crippen MR) is 81.3 cm³/mol. The summed E-state index contributed by atoms with van der Waals surface area (Å²) in [6.07, 6.45) is 0.629. The van der Waals surface area contributed by atoms with E-state index in [0.717, 1.165) is 5.56 Å². The number of methoxy groups -OCH3 is 1. The smallest absolute Gasteiger partial charge is 0.281 e. The molecule has 0 aliphatic carbocycles. The fourth-order valence-corrected chi connectivity index (χ4v) is 3.01. The normalized spacial score (nSPS) is 12.1. The first-order valence-electron chi connectivity index (χ1n) is 6.28. The molecule has 0 unspecified atom stereocenters. The van der Waals surface area contributed by atoms with Gasteiger partial charge in [0, 0.05) is 33.1 Å². The molecule has 0 saturated carbocycles. The van der Waals surface area contributed by atoms with E-state index in [-0.39, 0.29) is 0 Å². The number of nitrogens with zero attached hydrogens (tertiary/aromatic N) is 2. The molecular formula is C13H21ClN2O3S. The third-order valence-electron chi connectivity index (χ3n) is 2.93. The molecule has 0 radical (unpaired) electrons. The Balaban J connectivity index is 2.75. The molecule has 1 aromatic rings. The molecule has 0 saturated heterocycles. The maximum Gasteiger partial charge on any atom is 0.281 e. The van der Waals surface area contributed by atoms with E-state index in [2.05, 4.69) is 0 Å². The van der Waals surface area contributed by atoms with E-state index in [1.807, 2.05) is 24.3 Å². The van der Waals surface area contributed by atoms with Crippen LogP contribution in [0.15, 0.2) is 24.3 Å². The predicted octanol–water partition coefficient (Wildman–Crippen LogP) is 1.93. The Kier molecular flexibility index (Phi) is 6.75. The Hall–Kier alpha value is -0.820. The first kappa shape index (κ1) is 17.2. The van der Waals surface area contributed by atoms with E-state index in [9.17, 15) is 8.42 Å². The van der Waals surface area contributed by atoms with Gasteiger partial charge in [-0.2, -0.15) is 17.0 Å². The molecule has 0 aliphatic rings. The highest BCUT2D eigenvalue weighted by molar-refractivity contribution is 7.86. The van der Waals surface area contributed by atoms with Gasteiger partial charge in [-0.15, -0.1) is 11.6 Å². The quantitative estimate of drug-likeness (QED) is 0.688. The lowest BCUT2D eigenvalue weighted by molar-refractivity contribution is 0.387. The molecule has 0 aromatic heterocycles. The van der Waals surface area contributed by atoms with Crippen molar-refractivity contribution in [2.45, 2.75) is 13.0 Å². The monoisotopic (exact) mass is 320 g/mol. The summed E-state index contributed by atoms with van der Waals surface area (Å²) >= 11 is 5.59. The average molecular weight is 321 g/mol. The lowest BCUT2D eigenvalue weighted by Gasteiger charge is -2.24. The summed E-state index contributed by atoms with van der Waals surface area (Å²) in [5, 5.41) is 0. The Labute approximate surface area is 126 Å². The minimum absolute atomic E-state index is 0.296. The van der Waals surface area contributed by atoms with Crippen molar-refractivity contribution in [2.75, 3.05) is 33.6 Å². The molecule has 0 heterocycles. The molecule has 0 amide bonds. The molecule has 0 atom stereocenters. The van der Waals surface area contributed by atoms with Crippen LogP contribution in [-0.2, 0) is 16.8 Å². The van der Waals surface area contributed by atoms with Crippen molar-refractivity contribution in [3.63, 3.8) is 0 Å². The molecule has 1 aromatic carbocycles. The summed E-state index contributed by atoms with van der Waals surface area (Å²) in [6.45, 7) is 0.707. The summed E-state index contributed by atoms with van der Waals surface area (Å²) in [7, 11) is 1.24.